The number of carboxylic acids is 1. The number of hydrogen-bond acceptors (Lipinski definition) is 3. The zero-order valence-corrected chi connectivity index (χ0v) is 13.0. The van der Waals surface area contributed by atoms with Crippen LogP contribution in [-0.2, 0) is 4.79 Å². The summed E-state index contributed by atoms with van der Waals surface area (Å²) < 4.78 is 0. The van der Waals surface area contributed by atoms with Crippen LogP contribution >= 0.6 is 0 Å². The second-order valence-corrected chi connectivity index (χ2v) is 6.33. The van der Waals surface area contributed by atoms with Gasteiger partial charge in [-0.3, -0.25) is 4.79 Å². The Morgan fingerprint density at radius 1 is 1.19 bits per heavy atom. The number of aliphatic carboxylic acids is 1. The highest BCUT2D eigenvalue weighted by Gasteiger charge is 2.24. The molecule has 0 spiro atoms. The fraction of sp³-hybridized carbons (Fsp3) is 0.867. The third kappa shape index (κ3) is 6.80. The number of rotatable bonds is 6. The number of aliphatic hydroxyl groups excluding tert-OH is 1. The molecule has 3 unspecified atom stereocenters. The highest BCUT2D eigenvalue weighted by molar-refractivity contribution is 5.76. The Hall–Kier alpha value is -1.30. The van der Waals surface area contributed by atoms with Gasteiger partial charge in [-0.15, -0.1) is 0 Å². The lowest BCUT2D eigenvalue weighted by molar-refractivity contribution is -0.142. The Kier molecular flexibility index (Phi) is 7.50. The minimum absolute atomic E-state index is 0.113. The monoisotopic (exact) mass is 300 g/mol. The Labute approximate surface area is 126 Å². The maximum Gasteiger partial charge on any atom is 0.315 e. The predicted molar refractivity (Wildman–Crippen MR) is 80.0 cm³/mol. The predicted octanol–water partition coefficient (Wildman–Crippen LogP) is 1.73. The molecule has 21 heavy (non-hydrogen) atoms. The molecule has 0 aromatic carbocycles. The fourth-order valence-corrected chi connectivity index (χ4v) is 2.73. The van der Waals surface area contributed by atoms with E-state index in [9.17, 15) is 14.7 Å². The van der Waals surface area contributed by atoms with Gasteiger partial charge in [0, 0.05) is 6.54 Å². The van der Waals surface area contributed by atoms with Crippen LogP contribution in [0.25, 0.3) is 0 Å². The van der Waals surface area contributed by atoms with Crippen molar-refractivity contribution in [1.82, 2.24) is 10.6 Å². The standard InChI is InChI=1S/C15H28N2O4/c1-10(2)8-11(14(19)20)9-16-15(21)17-12-6-4-3-5-7-13(12)18/h10-13,18H,3-9H2,1-2H3,(H,19,20)(H2,16,17,21). The zero-order chi connectivity index (χ0) is 15.8. The van der Waals surface area contributed by atoms with E-state index in [4.69, 9.17) is 5.11 Å². The average molecular weight is 300 g/mol. The van der Waals surface area contributed by atoms with Gasteiger partial charge >= 0.3 is 12.0 Å². The van der Waals surface area contributed by atoms with Crippen LogP contribution in [0.15, 0.2) is 0 Å². The van der Waals surface area contributed by atoms with E-state index in [0.29, 0.717) is 12.8 Å². The minimum atomic E-state index is -0.890. The van der Waals surface area contributed by atoms with Gasteiger partial charge in [-0.1, -0.05) is 33.1 Å². The first-order chi connectivity index (χ1) is 9.90. The van der Waals surface area contributed by atoms with Gasteiger partial charge in [-0.2, -0.15) is 0 Å². The van der Waals surface area contributed by atoms with Crippen molar-refractivity contribution in [2.75, 3.05) is 6.54 Å². The molecule has 1 aliphatic carbocycles. The van der Waals surface area contributed by atoms with Crippen LogP contribution < -0.4 is 10.6 Å². The molecule has 0 aliphatic heterocycles. The van der Waals surface area contributed by atoms with Crippen LogP contribution in [0, 0.1) is 11.8 Å². The van der Waals surface area contributed by atoms with Crippen LogP contribution in [0.1, 0.15) is 52.4 Å². The molecule has 1 aliphatic rings. The maximum absolute atomic E-state index is 11.9. The summed E-state index contributed by atoms with van der Waals surface area (Å²) in [5.41, 5.74) is 0. The third-order valence-corrected chi connectivity index (χ3v) is 3.91. The number of urea groups is 1. The number of amides is 2. The molecule has 0 radical (unpaired) electrons. The van der Waals surface area contributed by atoms with Crippen molar-refractivity contribution in [3.63, 3.8) is 0 Å². The van der Waals surface area contributed by atoms with Crippen LogP contribution in [0.2, 0.25) is 0 Å². The number of carbonyl (C=O) groups excluding carboxylic acids is 1. The van der Waals surface area contributed by atoms with Gasteiger partial charge < -0.3 is 20.8 Å². The van der Waals surface area contributed by atoms with Crippen molar-refractivity contribution in [1.29, 1.82) is 0 Å². The van der Waals surface area contributed by atoms with Crippen LogP contribution in [0.3, 0.4) is 0 Å². The van der Waals surface area contributed by atoms with E-state index in [0.717, 1.165) is 25.7 Å². The molecule has 1 rings (SSSR count). The molecule has 0 saturated heterocycles. The van der Waals surface area contributed by atoms with Gasteiger partial charge in [-0.05, 0) is 25.2 Å². The Balaban J connectivity index is 2.39. The lowest BCUT2D eigenvalue weighted by atomic mass is 9.97. The van der Waals surface area contributed by atoms with Crippen molar-refractivity contribution in [3.8, 4) is 0 Å². The minimum Gasteiger partial charge on any atom is -0.481 e. The first kappa shape index (κ1) is 17.8. The van der Waals surface area contributed by atoms with E-state index in [1.54, 1.807) is 0 Å². The summed E-state index contributed by atoms with van der Waals surface area (Å²) in [4.78, 5) is 23.0. The van der Waals surface area contributed by atoms with E-state index in [2.05, 4.69) is 10.6 Å². The highest BCUT2D eigenvalue weighted by atomic mass is 16.4. The second-order valence-electron chi connectivity index (χ2n) is 6.33. The van der Waals surface area contributed by atoms with Crippen molar-refractivity contribution >= 4 is 12.0 Å². The zero-order valence-electron chi connectivity index (χ0n) is 13.0. The molecule has 0 heterocycles. The Morgan fingerprint density at radius 2 is 1.86 bits per heavy atom. The van der Waals surface area contributed by atoms with Gasteiger partial charge in [0.15, 0.2) is 0 Å². The summed E-state index contributed by atoms with van der Waals surface area (Å²) in [6, 6.07) is -0.628. The van der Waals surface area contributed by atoms with Gasteiger partial charge in [0.05, 0.1) is 18.1 Å². The Morgan fingerprint density at radius 3 is 2.48 bits per heavy atom. The molecule has 4 N–H and O–H groups in total. The van der Waals surface area contributed by atoms with Crippen LogP contribution in [-0.4, -0.2) is 40.9 Å². The van der Waals surface area contributed by atoms with Gasteiger partial charge in [0.25, 0.3) is 0 Å². The van der Waals surface area contributed by atoms with Gasteiger partial charge in [0.2, 0.25) is 0 Å². The lowest BCUT2D eigenvalue weighted by Crippen LogP contribution is -2.48. The molecule has 6 nitrogen and oxygen atoms in total. The molecule has 0 aromatic heterocycles. The van der Waals surface area contributed by atoms with Crippen LogP contribution in [0.5, 0.6) is 0 Å². The molecule has 1 fully saturated rings. The molecule has 2 amide bonds. The van der Waals surface area contributed by atoms with Gasteiger partial charge in [0.1, 0.15) is 0 Å². The summed E-state index contributed by atoms with van der Waals surface area (Å²) in [6.07, 6.45) is 4.54. The summed E-state index contributed by atoms with van der Waals surface area (Å²) in [5.74, 6) is -1.20. The third-order valence-electron chi connectivity index (χ3n) is 3.91. The van der Waals surface area contributed by atoms with E-state index < -0.39 is 24.0 Å². The largest absolute Gasteiger partial charge is 0.481 e. The van der Waals surface area contributed by atoms with E-state index in [1.807, 2.05) is 13.8 Å². The number of carboxylic acid groups (broad SMARTS) is 1. The maximum atomic E-state index is 11.9. The average Bonchev–Trinajstić information content (AvgIpc) is 2.59. The van der Waals surface area contributed by atoms with Crippen molar-refractivity contribution in [2.24, 2.45) is 11.8 Å². The molecule has 122 valence electrons. The molecular formula is C15H28N2O4. The van der Waals surface area contributed by atoms with Crippen molar-refractivity contribution in [3.05, 3.63) is 0 Å². The molecular weight excluding hydrogens is 272 g/mol. The van der Waals surface area contributed by atoms with Crippen molar-refractivity contribution in [2.45, 2.75) is 64.5 Å². The summed E-state index contributed by atoms with van der Waals surface area (Å²) in [7, 11) is 0. The smallest absolute Gasteiger partial charge is 0.315 e. The molecule has 0 aromatic rings. The molecule has 0 bridgehead atoms. The van der Waals surface area contributed by atoms with Crippen molar-refractivity contribution < 1.29 is 19.8 Å². The number of carbonyl (C=O) groups is 2. The quantitative estimate of drug-likeness (QED) is 0.561. The SMILES string of the molecule is CC(C)CC(CNC(=O)NC1CCCCCC1O)C(=O)O. The summed E-state index contributed by atoms with van der Waals surface area (Å²) >= 11 is 0. The molecule has 3 atom stereocenters. The topological polar surface area (TPSA) is 98.7 Å². The number of aliphatic hydroxyl groups is 1. The summed E-state index contributed by atoms with van der Waals surface area (Å²) in [5, 5.41) is 24.4. The van der Waals surface area contributed by atoms with E-state index in [-0.39, 0.29) is 18.5 Å². The van der Waals surface area contributed by atoms with Crippen LogP contribution in [0.4, 0.5) is 4.79 Å². The first-order valence-electron chi connectivity index (χ1n) is 7.85. The Bertz CT molecular complexity index is 347. The number of hydrogen-bond donors (Lipinski definition) is 4. The van der Waals surface area contributed by atoms with Gasteiger partial charge in [-0.25, -0.2) is 4.79 Å². The second kappa shape index (κ2) is 8.87. The van der Waals surface area contributed by atoms with E-state index >= 15 is 0 Å². The molecule has 1 saturated carbocycles. The van der Waals surface area contributed by atoms with E-state index in [1.165, 1.54) is 0 Å². The lowest BCUT2D eigenvalue weighted by Gasteiger charge is -2.22. The highest BCUT2D eigenvalue weighted by Crippen LogP contribution is 2.18. The normalized spacial score (nSPS) is 24.2. The molecule has 6 heteroatoms. The summed E-state index contributed by atoms with van der Waals surface area (Å²) in [6.45, 7) is 4.03. The fourth-order valence-electron chi connectivity index (χ4n) is 2.73. The first-order valence-corrected chi connectivity index (χ1v) is 7.85. The number of nitrogens with one attached hydrogen (secondary N) is 2.